The summed E-state index contributed by atoms with van der Waals surface area (Å²) < 4.78 is 13.9. The summed E-state index contributed by atoms with van der Waals surface area (Å²) in [6.45, 7) is 5.17. The molecule has 2 aliphatic heterocycles. The number of likely N-dealkylation sites (tertiary alicyclic amines) is 1. The zero-order valence-electron chi connectivity index (χ0n) is 18.4. The van der Waals surface area contributed by atoms with Crippen molar-refractivity contribution in [2.45, 2.75) is 33.1 Å². The number of pyridine rings is 1. The molecule has 3 heterocycles. The van der Waals surface area contributed by atoms with Crippen LogP contribution in [0.1, 0.15) is 36.2 Å². The third-order valence-corrected chi connectivity index (χ3v) is 6.02. The van der Waals surface area contributed by atoms with Gasteiger partial charge in [-0.2, -0.15) is 0 Å². The van der Waals surface area contributed by atoms with Gasteiger partial charge in [0.25, 0.3) is 0 Å². The molecule has 2 aliphatic rings. The number of carbonyl (C=O) groups excluding carboxylic acids is 2. The first-order valence-corrected chi connectivity index (χ1v) is 10.9. The summed E-state index contributed by atoms with van der Waals surface area (Å²) in [4.78, 5) is 33.2. The monoisotopic (exact) mass is 431 g/mol. The fraction of sp³-hybridized carbons (Fsp3) is 0.346. The van der Waals surface area contributed by atoms with Gasteiger partial charge < -0.3 is 9.80 Å². The zero-order valence-corrected chi connectivity index (χ0v) is 18.4. The van der Waals surface area contributed by atoms with Crippen molar-refractivity contribution in [1.29, 1.82) is 0 Å². The van der Waals surface area contributed by atoms with Crippen LogP contribution < -0.4 is 4.90 Å². The van der Waals surface area contributed by atoms with Gasteiger partial charge in [0.2, 0.25) is 11.8 Å². The molecule has 1 aromatic carbocycles. The average molecular weight is 432 g/mol. The average Bonchev–Trinajstić information content (AvgIpc) is 3.17. The Morgan fingerprint density at radius 3 is 2.69 bits per heavy atom. The van der Waals surface area contributed by atoms with Gasteiger partial charge in [-0.15, -0.1) is 0 Å². The van der Waals surface area contributed by atoms with Gasteiger partial charge in [-0.1, -0.05) is 23.6 Å². The van der Waals surface area contributed by atoms with Gasteiger partial charge in [-0.25, -0.2) is 9.37 Å². The highest BCUT2D eigenvalue weighted by Gasteiger charge is 2.37. The van der Waals surface area contributed by atoms with Crippen molar-refractivity contribution >= 4 is 17.5 Å². The van der Waals surface area contributed by atoms with Crippen LogP contribution >= 0.6 is 0 Å². The molecular weight excluding hydrogens is 405 g/mol. The Hall–Kier alpha value is -3.46. The first-order chi connectivity index (χ1) is 15.4. The second kappa shape index (κ2) is 9.35. The lowest BCUT2D eigenvalue weighted by Gasteiger charge is -2.30. The minimum Gasteiger partial charge on any atom is -0.342 e. The lowest BCUT2D eigenvalue weighted by atomic mass is 10.0. The first-order valence-electron chi connectivity index (χ1n) is 10.9. The molecule has 0 radical (unpaired) electrons. The van der Waals surface area contributed by atoms with Crippen molar-refractivity contribution in [3.8, 4) is 11.8 Å². The molecule has 0 bridgehead atoms. The summed E-state index contributed by atoms with van der Waals surface area (Å²) >= 11 is 0. The van der Waals surface area contributed by atoms with E-state index in [1.54, 1.807) is 19.1 Å². The molecule has 2 fully saturated rings. The van der Waals surface area contributed by atoms with Crippen LogP contribution in [-0.4, -0.2) is 41.3 Å². The van der Waals surface area contributed by atoms with Crippen molar-refractivity contribution in [3.05, 3.63) is 70.8 Å². The van der Waals surface area contributed by atoms with Crippen LogP contribution in [0.5, 0.6) is 0 Å². The maximum Gasteiger partial charge on any atom is 0.228 e. The second-order valence-corrected chi connectivity index (χ2v) is 8.40. The predicted molar refractivity (Wildman–Crippen MR) is 121 cm³/mol. The summed E-state index contributed by atoms with van der Waals surface area (Å²) in [5, 5.41) is 0. The Kier molecular flexibility index (Phi) is 6.36. The molecule has 5 nitrogen and oxygen atoms in total. The van der Waals surface area contributed by atoms with Gasteiger partial charge in [0, 0.05) is 37.4 Å². The molecular formula is C26H26FN3O2. The van der Waals surface area contributed by atoms with Crippen LogP contribution in [0.15, 0.2) is 48.0 Å². The normalized spacial score (nSPS) is 18.4. The third-order valence-electron chi connectivity index (χ3n) is 6.02. The number of hydrogen-bond donors (Lipinski definition) is 0. The number of halogens is 1. The molecule has 6 heteroatoms. The fourth-order valence-corrected chi connectivity index (χ4v) is 4.11. The van der Waals surface area contributed by atoms with E-state index in [9.17, 15) is 14.0 Å². The van der Waals surface area contributed by atoms with Gasteiger partial charge in [0.1, 0.15) is 11.5 Å². The summed E-state index contributed by atoms with van der Waals surface area (Å²) in [6, 6.07) is 10.5. The SMILES string of the molecule is Cc1cccc(C#CC=C2CCN(C(=O)C3CC(=O)N(c4ccc(C)c(F)c4)C3)CC2)n1. The number of rotatable bonds is 2. The van der Waals surface area contributed by atoms with Crippen molar-refractivity contribution in [1.82, 2.24) is 9.88 Å². The minimum atomic E-state index is -0.385. The molecule has 0 spiro atoms. The Labute approximate surface area is 187 Å². The van der Waals surface area contributed by atoms with Crippen molar-refractivity contribution in [2.75, 3.05) is 24.5 Å². The van der Waals surface area contributed by atoms with E-state index < -0.39 is 0 Å². The smallest absolute Gasteiger partial charge is 0.228 e. The number of aromatic nitrogens is 1. The number of piperidine rings is 1. The molecule has 164 valence electrons. The largest absolute Gasteiger partial charge is 0.342 e. The van der Waals surface area contributed by atoms with Crippen molar-refractivity contribution in [2.24, 2.45) is 5.92 Å². The van der Waals surface area contributed by atoms with Crippen LogP contribution in [0.2, 0.25) is 0 Å². The van der Waals surface area contributed by atoms with E-state index in [0.717, 1.165) is 24.2 Å². The van der Waals surface area contributed by atoms with E-state index >= 15 is 0 Å². The fourth-order valence-electron chi connectivity index (χ4n) is 4.11. The summed E-state index contributed by atoms with van der Waals surface area (Å²) in [7, 11) is 0. The Morgan fingerprint density at radius 2 is 1.97 bits per heavy atom. The van der Waals surface area contributed by atoms with Crippen LogP contribution in [0.25, 0.3) is 0 Å². The van der Waals surface area contributed by atoms with Gasteiger partial charge in [0.05, 0.1) is 5.92 Å². The van der Waals surface area contributed by atoms with Crippen LogP contribution in [0.3, 0.4) is 0 Å². The summed E-state index contributed by atoms with van der Waals surface area (Å²) in [5.41, 5.74) is 3.95. The Balaban J connectivity index is 1.33. The molecule has 0 aliphatic carbocycles. The standard InChI is InChI=1S/C26H26FN3O2/c1-18-9-10-23(16-24(18)27)30-17-21(15-25(30)31)26(32)29-13-11-20(12-14-29)6-4-8-22-7-3-5-19(2)28-22/h3,5-7,9-10,16,21H,11-15,17H2,1-2H3. The van der Waals surface area contributed by atoms with E-state index in [0.29, 0.717) is 30.9 Å². The van der Waals surface area contributed by atoms with E-state index in [1.165, 1.54) is 16.5 Å². The van der Waals surface area contributed by atoms with Crippen molar-refractivity contribution < 1.29 is 14.0 Å². The molecule has 0 N–H and O–H groups in total. The Bertz CT molecular complexity index is 1140. The minimum absolute atomic E-state index is 0.00234. The molecule has 2 amide bonds. The van der Waals surface area contributed by atoms with Crippen LogP contribution in [-0.2, 0) is 9.59 Å². The molecule has 2 saturated heterocycles. The molecule has 1 unspecified atom stereocenters. The number of allylic oxidation sites excluding steroid dienone is 1. The number of anilines is 1. The van der Waals surface area contributed by atoms with E-state index in [1.807, 2.05) is 36.1 Å². The lowest BCUT2D eigenvalue weighted by Crippen LogP contribution is -2.41. The van der Waals surface area contributed by atoms with Crippen molar-refractivity contribution in [3.63, 3.8) is 0 Å². The number of nitrogens with zero attached hydrogens (tertiary/aromatic N) is 3. The molecule has 2 aromatic rings. The van der Waals surface area contributed by atoms with E-state index in [2.05, 4.69) is 16.8 Å². The molecule has 4 rings (SSSR count). The summed E-state index contributed by atoms with van der Waals surface area (Å²) in [6.07, 6.45) is 3.64. The topological polar surface area (TPSA) is 53.5 Å². The first kappa shape index (κ1) is 21.8. The van der Waals surface area contributed by atoms with Crippen LogP contribution in [0.4, 0.5) is 10.1 Å². The predicted octanol–water partition coefficient (Wildman–Crippen LogP) is 3.79. The molecule has 32 heavy (non-hydrogen) atoms. The number of benzene rings is 1. The van der Waals surface area contributed by atoms with Crippen LogP contribution in [0, 0.1) is 37.4 Å². The van der Waals surface area contributed by atoms with E-state index in [4.69, 9.17) is 0 Å². The lowest BCUT2D eigenvalue weighted by molar-refractivity contribution is -0.136. The second-order valence-electron chi connectivity index (χ2n) is 8.40. The van der Waals surface area contributed by atoms with E-state index in [-0.39, 0.29) is 30.0 Å². The van der Waals surface area contributed by atoms with Gasteiger partial charge in [-0.3, -0.25) is 9.59 Å². The van der Waals surface area contributed by atoms with Gasteiger partial charge in [0.15, 0.2) is 0 Å². The number of hydrogen-bond acceptors (Lipinski definition) is 3. The maximum atomic E-state index is 13.9. The summed E-state index contributed by atoms with van der Waals surface area (Å²) in [5.74, 6) is 5.27. The highest BCUT2D eigenvalue weighted by Crippen LogP contribution is 2.28. The molecule has 1 atom stereocenters. The third kappa shape index (κ3) is 4.88. The number of amides is 2. The van der Waals surface area contributed by atoms with Gasteiger partial charge >= 0.3 is 0 Å². The molecule has 1 aromatic heterocycles. The highest BCUT2D eigenvalue weighted by atomic mass is 19.1. The number of aryl methyl sites for hydroxylation is 2. The highest BCUT2D eigenvalue weighted by molar-refractivity contribution is 6.00. The number of carbonyl (C=O) groups is 2. The quantitative estimate of drug-likeness (QED) is 0.680. The zero-order chi connectivity index (χ0) is 22.7. The Morgan fingerprint density at radius 1 is 1.19 bits per heavy atom. The van der Waals surface area contributed by atoms with Gasteiger partial charge in [-0.05, 0) is 68.5 Å². The maximum absolute atomic E-state index is 13.9. The molecule has 0 saturated carbocycles.